The van der Waals surface area contributed by atoms with Crippen molar-refractivity contribution in [3.05, 3.63) is 44.8 Å². The number of hydrogen-bond acceptors (Lipinski definition) is 6. The van der Waals surface area contributed by atoms with E-state index in [1.165, 1.54) is 28.8 Å². The zero-order valence-electron chi connectivity index (χ0n) is 13.2. The number of carbonyl (C=O) groups excluding carboxylic acids is 1. The van der Waals surface area contributed by atoms with Crippen molar-refractivity contribution in [3.63, 3.8) is 0 Å². The smallest absolute Gasteiger partial charge is 0.303 e. The average Bonchev–Trinajstić information content (AvgIpc) is 2.82. The number of carboxylic acid groups (broad SMARTS) is 1. The van der Waals surface area contributed by atoms with Crippen LogP contribution in [0.5, 0.6) is 0 Å². The molecule has 0 bridgehead atoms. The van der Waals surface area contributed by atoms with E-state index in [2.05, 4.69) is 0 Å². The molecule has 1 aromatic rings. The van der Waals surface area contributed by atoms with Crippen LogP contribution in [0.15, 0.2) is 29.2 Å². The SMILES string of the molecule is O=C(O)CCCCCN1C(=O)C(=Cc2ccc([N+](=O)[O-])cc2)SC1=S. The average molecular weight is 380 g/mol. The van der Waals surface area contributed by atoms with Crippen LogP contribution >= 0.6 is 24.0 Å². The van der Waals surface area contributed by atoms with Gasteiger partial charge < -0.3 is 5.11 Å². The van der Waals surface area contributed by atoms with Crippen molar-refractivity contribution in [2.45, 2.75) is 25.7 Å². The van der Waals surface area contributed by atoms with E-state index in [-0.39, 0.29) is 18.0 Å². The van der Waals surface area contributed by atoms with E-state index < -0.39 is 10.9 Å². The number of aliphatic carboxylic acids is 1. The third kappa shape index (κ3) is 5.36. The fourth-order valence-electron chi connectivity index (χ4n) is 2.26. The Morgan fingerprint density at radius 3 is 2.56 bits per heavy atom. The molecule has 1 aliphatic heterocycles. The van der Waals surface area contributed by atoms with Crippen LogP contribution in [-0.2, 0) is 9.59 Å². The zero-order valence-corrected chi connectivity index (χ0v) is 14.8. The molecule has 0 aromatic heterocycles. The summed E-state index contributed by atoms with van der Waals surface area (Å²) in [5.74, 6) is -1.01. The highest BCUT2D eigenvalue weighted by molar-refractivity contribution is 8.26. The molecule has 1 aliphatic rings. The van der Waals surface area contributed by atoms with Crippen LogP contribution in [0.4, 0.5) is 5.69 Å². The number of rotatable bonds is 8. The summed E-state index contributed by atoms with van der Waals surface area (Å²) in [6.07, 6.45) is 3.75. The maximum atomic E-state index is 12.4. The molecule has 2 rings (SSSR count). The second-order valence-electron chi connectivity index (χ2n) is 5.39. The summed E-state index contributed by atoms with van der Waals surface area (Å²) in [4.78, 5) is 35.0. The lowest BCUT2D eigenvalue weighted by molar-refractivity contribution is -0.384. The molecule has 0 aliphatic carbocycles. The van der Waals surface area contributed by atoms with Crippen molar-refractivity contribution in [1.82, 2.24) is 4.90 Å². The van der Waals surface area contributed by atoms with Gasteiger partial charge in [-0.25, -0.2) is 0 Å². The van der Waals surface area contributed by atoms with Crippen LogP contribution in [0.2, 0.25) is 0 Å². The van der Waals surface area contributed by atoms with Crippen molar-refractivity contribution >= 4 is 51.9 Å². The second kappa shape index (κ2) is 8.72. The topological polar surface area (TPSA) is 101 Å². The monoisotopic (exact) mass is 380 g/mol. The van der Waals surface area contributed by atoms with E-state index >= 15 is 0 Å². The van der Waals surface area contributed by atoms with E-state index in [4.69, 9.17) is 17.3 Å². The predicted molar refractivity (Wildman–Crippen MR) is 99.1 cm³/mol. The first-order chi connectivity index (χ1) is 11.9. The standard InChI is InChI=1S/C16H16N2O5S2/c19-14(20)4-2-1-3-9-17-15(21)13(25-16(17)24)10-11-5-7-12(8-6-11)18(22)23/h5-8,10H,1-4,9H2,(H,19,20). The molecule has 1 amide bonds. The number of hydrogen-bond donors (Lipinski definition) is 1. The molecule has 1 fully saturated rings. The molecule has 25 heavy (non-hydrogen) atoms. The van der Waals surface area contributed by atoms with E-state index in [1.807, 2.05) is 0 Å². The number of nitro groups is 1. The third-order valence-electron chi connectivity index (χ3n) is 3.55. The van der Waals surface area contributed by atoms with Crippen molar-refractivity contribution in [2.24, 2.45) is 0 Å². The molecule has 0 atom stereocenters. The van der Waals surface area contributed by atoms with Crippen LogP contribution in [0.25, 0.3) is 6.08 Å². The number of amides is 1. The molecule has 7 nitrogen and oxygen atoms in total. The fourth-order valence-corrected chi connectivity index (χ4v) is 3.57. The Balaban J connectivity index is 1.95. The Bertz CT molecular complexity index is 731. The largest absolute Gasteiger partial charge is 0.481 e. The van der Waals surface area contributed by atoms with Gasteiger partial charge in [-0.2, -0.15) is 0 Å². The van der Waals surface area contributed by atoms with E-state index in [0.29, 0.717) is 40.6 Å². The number of nitrogens with zero attached hydrogens (tertiary/aromatic N) is 2. The number of carboxylic acids is 1. The molecule has 9 heteroatoms. The Kier molecular flexibility index (Phi) is 6.65. The number of non-ortho nitro benzene ring substituents is 1. The Labute approximate surface area is 153 Å². The number of carbonyl (C=O) groups is 2. The molecular weight excluding hydrogens is 364 g/mol. The normalized spacial score (nSPS) is 15.8. The van der Waals surface area contributed by atoms with Crippen molar-refractivity contribution in [2.75, 3.05) is 6.54 Å². The van der Waals surface area contributed by atoms with Gasteiger partial charge in [0.05, 0.1) is 9.83 Å². The summed E-state index contributed by atoms with van der Waals surface area (Å²) in [7, 11) is 0. The van der Waals surface area contributed by atoms with E-state index in [0.717, 1.165) is 0 Å². The van der Waals surface area contributed by atoms with Crippen molar-refractivity contribution in [1.29, 1.82) is 0 Å². The summed E-state index contributed by atoms with van der Waals surface area (Å²) in [5, 5.41) is 19.3. The lowest BCUT2D eigenvalue weighted by atomic mass is 10.2. The van der Waals surface area contributed by atoms with Crippen molar-refractivity contribution in [3.8, 4) is 0 Å². The molecule has 0 unspecified atom stereocenters. The van der Waals surface area contributed by atoms with Gasteiger partial charge in [0.1, 0.15) is 4.32 Å². The third-order valence-corrected chi connectivity index (χ3v) is 4.93. The summed E-state index contributed by atoms with van der Waals surface area (Å²) in [5.41, 5.74) is 0.679. The second-order valence-corrected chi connectivity index (χ2v) is 7.06. The summed E-state index contributed by atoms with van der Waals surface area (Å²) in [6, 6.07) is 5.93. The first-order valence-corrected chi connectivity index (χ1v) is 8.82. The molecule has 0 spiro atoms. The quantitative estimate of drug-likeness (QED) is 0.242. The first kappa shape index (κ1) is 19.1. The maximum Gasteiger partial charge on any atom is 0.303 e. The van der Waals surface area contributed by atoms with Crippen LogP contribution in [-0.4, -0.2) is 37.7 Å². The molecule has 0 saturated carbocycles. The van der Waals surface area contributed by atoms with Crippen LogP contribution < -0.4 is 0 Å². The van der Waals surface area contributed by atoms with Crippen molar-refractivity contribution < 1.29 is 19.6 Å². The lowest BCUT2D eigenvalue weighted by Gasteiger charge is -2.13. The molecule has 0 radical (unpaired) electrons. The van der Waals surface area contributed by atoms with Gasteiger partial charge in [0.25, 0.3) is 11.6 Å². The maximum absolute atomic E-state index is 12.4. The van der Waals surface area contributed by atoms with Gasteiger partial charge in [-0.3, -0.25) is 24.6 Å². The number of nitro benzene ring substituents is 1. The minimum Gasteiger partial charge on any atom is -0.481 e. The summed E-state index contributed by atoms with van der Waals surface area (Å²) in [6.45, 7) is 0.460. The van der Waals surface area contributed by atoms with E-state index in [1.54, 1.807) is 18.2 Å². The summed E-state index contributed by atoms with van der Waals surface area (Å²) < 4.78 is 0.469. The summed E-state index contributed by atoms with van der Waals surface area (Å²) >= 11 is 6.43. The highest BCUT2D eigenvalue weighted by Gasteiger charge is 2.31. The molecule has 1 N–H and O–H groups in total. The molecule has 132 valence electrons. The zero-order chi connectivity index (χ0) is 18.4. The Hall–Kier alpha value is -2.26. The predicted octanol–water partition coefficient (Wildman–Crippen LogP) is 3.44. The van der Waals surface area contributed by atoms with Gasteiger partial charge in [0.15, 0.2) is 0 Å². The molecule has 1 heterocycles. The number of benzene rings is 1. The van der Waals surface area contributed by atoms with Gasteiger partial charge in [-0.05, 0) is 36.6 Å². The Morgan fingerprint density at radius 1 is 1.28 bits per heavy atom. The van der Waals surface area contributed by atoms with Gasteiger partial charge in [-0.1, -0.05) is 30.4 Å². The molecule has 1 aromatic carbocycles. The highest BCUT2D eigenvalue weighted by Crippen LogP contribution is 2.33. The molecular formula is C16H16N2O5S2. The number of unbranched alkanes of at least 4 members (excludes halogenated alkanes) is 2. The van der Waals surface area contributed by atoms with Crippen LogP contribution in [0.1, 0.15) is 31.2 Å². The lowest BCUT2D eigenvalue weighted by Crippen LogP contribution is -2.29. The van der Waals surface area contributed by atoms with Gasteiger partial charge in [-0.15, -0.1) is 0 Å². The molecule has 1 saturated heterocycles. The van der Waals surface area contributed by atoms with Crippen LogP contribution in [0.3, 0.4) is 0 Å². The fraction of sp³-hybridized carbons (Fsp3) is 0.312. The van der Waals surface area contributed by atoms with E-state index in [9.17, 15) is 19.7 Å². The van der Waals surface area contributed by atoms with Gasteiger partial charge in [0, 0.05) is 25.1 Å². The number of thiocarbonyl (C=S) groups is 1. The van der Waals surface area contributed by atoms with Gasteiger partial charge >= 0.3 is 5.97 Å². The minimum atomic E-state index is -0.823. The Morgan fingerprint density at radius 2 is 1.96 bits per heavy atom. The first-order valence-electron chi connectivity index (χ1n) is 7.60. The van der Waals surface area contributed by atoms with Gasteiger partial charge in [0.2, 0.25) is 0 Å². The highest BCUT2D eigenvalue weighted by atomic mass is 32.2. The minimum absolute atomic E-state index is 0.00828. The van der Waals surface area contributed by atoms with Crippen LogP contribution in [0, 0.1) is 10.1 Å². The number of thioether (sulfide) groups is 1.